The zero-order chi connectivity index (χ0) is 31.6. The van der Waals surface area contributed by atoms with Gasteiger partial charge >= 0.3 is 18.2 Å². The summed E-state index contributed by atoms with van der Waals surface area (Å²) in [5, 5.41) is 17.9. The fraction of sp³-hybridized carbons (Fsp3) is 0.129. The molecular weight excluding hydrogens is 589 g/mol. The van der Waals surface area contributed by atoms with Crippen molar-refractivity contribution in [1.29, 1.82) is 0 Å². The van der Waals surface area contributed by atoms with E-state index in [1.807, 2.05) is 35.7 Å². The van der Waals surface area contributed by atoms with Crippen molar-refractivity contribution in [1.82, 2.24) is 24.6 Å². The van der Waals surface area contributed by atoms with Crippen LogP contribution in [0.25, 0.3) is 5.65 Å². The van der Waals surface area contributed by atoms with Crippen LogP contribution in [0, 0.1) is 18.8 Å². The molecule has 1 atom stereocenters. The Morgan fingerprint density at radius 3 is 2.62 bits per heavy atom. The number of nitrogens with one attached hydrogen (secondary N) is 3. The molecule has 4 heterocycles. The maximum absolute atomic E-state index is 13.3. The Morgan fingerprint density at radius 2 is 1.87 bits per heavy atom. The van der Waals surface area contributed by atoms with Crippen LogP contribution in [0.1, 0.15) is 35.0 Å². The fourth-order valence-electron chi connectivity index (χ4n) is 4.64. The molecule has 0 fully saturated rings. The predicted octanol–water partition coefficient (Wildman–Crippen LogP) is 5.91. The van der Waals surface area contributed by atoms with E-state index in [9.17, 15) is 22.8 Å². The summed E-state index contributed by atoms with van der Waals surface area (Å²) in [6.07, 6.45) is -1.94. The van der Waals surface area contributed by atoms with Gasteiger partial charge in [-0.1, -0.05) is 42.3 Å². The van der Waals surface area contributed by atoms with E-state index in [-0.39, 0.29) is 6.42 Å². The maximum Gasteiger partial charge on any atom is 0.491 e. The molecule has 6 rings (SSSR count). The average Bonchev–Trinajstić information content (AvgIpc) is 3.75. The van der Waals surface area contributed by atoms with Gasteiger partial charge in [0.1, 0.15) is 5.69 Å². The Balaban J connectivity index is 1.20. The summed E-state index contributed by atoms with van der Waals surface area (Å²) in [5.74, 6) is 3.89. The van der Waals surface area contributed by atoms with E-state index >= 15 is 0 Å². The van der Waals surface area contributed by atoms with E-state index in [0.29, 0.717) is 34.0 Å². The normalized spacial score (nSPS) is 14.4. The molecule has 14 heteroatoms. The number of urea groups is 1. The molecule has 5 aromatic rings. The first kappa shape index (κ1) is 29.0. The van der Waals surface area contributed by atoms with Crippen molar-refractivity contribution in [2.45, 2.75) is 25.6 Å². The molecule has 3 aromatic heterocycles. The summed E-state index contributed by atoms with van der Waals surface area (Å²) in [5.41, 5.74) is 4.48. The second-order valence-electron chi connectivity index (χ2n) is 9.94. The molecule has 0 saturated carbocycles. The fourth-order valence-corrected chi connectivity index (χ4v) is 4.64. The number of aromatic amines is 1. The molecule has 0 saturated heterocycles. The van der Waals surface area contributed by atoms with E-state index in [0.717, 1.165) is 16.4 Å². The van der Waals surface area contributed by atoms with E-state index in [1.54, 1.807) is 60.8 Å². The van der Waals surface area contributed by atoms with Gasteiger partial charge in [-0.25, -0.2) is 19.6 Å². The lowest BCUT2D eigenvalue weighted by molar-refractivity contribution is -0.191. The molecule has 2 amide bonds. The molecule has 2 aromatic carbocycles. The number of pyridine rings is 1. The quantitative estimate of drug-likeness (QED) is 0.171. The number of H-pyrrole nitrogens is 1. The summed E-state index contributed by atoms with van der Waals surface area (Å²) in [4.78, 5) is 29.2. The van der Waals surface area contributed by atoms with Crippen LogP contribution in [0.4, 0.5) is 35.2 Å². The second-order valence-corrected chi connectivity index (χ2v) is 9.94. The Morgan fingerprint density at radius 1 is 1.04 bits per heavy atom. The number of anilines is 3. The number of ether oxygens (including phenoxy) is 1. The summed E-state index contributed by atoms with van der Waals surface area (Å²) >= 11 is 0. The smallest absolute Gasteiger partial charge is 0.403 e. The molecule has 1 aliphatic heterocycles. The number of halogens is 3. The van der Waals surface area contributed by atoms with Gasteiger partial charge in [0.05, 0.1) is 24.3 Å². The molecule has 226 valence electrons. The number of imidazole rings is 1. The number of esters is 1. The number of alkyl halides is 3. The highest BCUT2D eigenvalue weighted by molar-refractivity contribution is 5.96. The summed E-state index contributed by atoms with van der Waals surface area (Å²) < 4.78 is 44.6. The highest BCUT2D eigenvalue weighted by Crippen LogP contribution is 2.32. The molecule has 0 aliphatic carbocycles. The SMILES string of the molecule is Cc1cc(Nc2cccn3c(C#Cc4cccc(NC(=O)N5N=C(OC(=O)C(F)(F)F)CC5c5ccccc5)c4)cnc23)n[nH]1. The van der Waals surface area contributed by atoms with Crippen molar-refractivity contribution in [2.24, 2.45) is 5.10 Å². The first-order valence-electron chi connectivity index (χ1n) is 13.5. The van der Waals surface area contributed by atoms with Crippen LogP contribution >= 0.6 is 0 Å². The number of benzene rings is 2. The minimum atomic E-state index is -5.20. The number of nitrogens with zero attached hydrogens (tertiary/aromatic N) is 5. The number of hydrogen-bond donors (Lipinski definition) is 3. The Bertz CT molecular complexity index is 1990. The summed E-state index contributed by atoms with van der Waals surface area (Å²) in [6.45, 7) is 1.90. The van der Waals surface area contributed by atoms with Gasteiger partial charge in [0.15, 0.2) is 11.5 Å². The van der Waals surface area contributed by atoms with Crippen molar-refractivity contribution in [3.8, 4) is 11.8 Å². The van der Waals surface area contributed by atoms with E-state index in [4.69, 9.17) is 0 Å². The predicted molar refractivity (Wildman–Crippen MR) is 158 cm³/mol. The monoisotopic (exact) mass is 612 g/mol. The van der Waals surface area contributed by atoms with Crippen LogP contribution in [-0.2, 0) is 9.53 Å². The zero-order valence-electron chi connectivity index (χ0n) is 23.5. The first-order chi connectivity index (χ1) is 21.6. The minimum absolute atomic E-state index is 0.220. The summed E-state index contributed by atoms with van der Waals surface area (Å²) in [6, 6.07) is 19.4. The van der Waals surface area contributed by atoms with Crippen molar-refractivity contribution in [2.75, 3.05) is 10.6 Å². The van der Waals surface area contributed by atoms with E-state index < -0.39 is 30.1 Å². The van der Waals surface area contributed by atoms with Gasteiger partial charge in [-0.3, -0.25) is 9.50 Å². The van der Waals surface area contributed by atoms with Gasteiger partial charge in [0, 0.05) is 29.2 Å². The van der Waals surface area contributed by atoms with Gasteiger partial charge < -0.3 is 15.4 Å². The molecule has 3 N–H and O–H groups in total. The number of hydrogen-bond acceptors (Lipinski definition) is 7. The van der Waals surface area contributed by atoms with Gasteiger partial charge in [-0.15, -0.1) is 5.10 Å². The number of carbonyl (C=O) groups is 2. The van der Waals surface area contributed by atoms with E-state index in [1.165, 1.54) is 0 Å². The Labute approximate surface area is 253 Å². The molecule has 1 unspecified atom stereocenters. The van der Waals surface area contributed by atoms with Gasteiger partial charge in [-0.2, -0.15) is 18.3 Å². The number of aryl methyl sites for hydroxylation is 1. The maximum atomic E-state index is 13.3. The van der Waals surface area contributed by atoms with Crippen molar-refractivity contribution in [3.63, 3.8) is 0 Å². The lowest BCUT2D eigenvalue weighted by atomic mass is 10.0. The molecule has 0 bridgehead atoms. The van der Waals surface area contributed by atoms with Gasteiger partial charge in [0.2, 0.25) is 5.90 Å². The van der Waals surface area contributed by atoms with Crippen molar-refractivity contribution >= 4 is 40.7 Å². The standard InChI is InChI=1S/C31H23F3N8O3/c1-19-15-26(39-38-19)37-24-11-6-14-41-23(18-35-28(24)41)13-12-20-7-5-10-22(16-20)36-30(44)42-25(21-8-3-2-4-9-21)17-27(40-42)45-29(43)31(32,33)34/h2-11,14-16,18,25H,17H2,1H3,(H,36,44)(H2,37,38,39). The van der Waals surface area contributed by atoms with Gasteiger partial charge in [0.25, 0.3) is 0 Å². The zero-order valence-corrected chi connectivity index (χ0v) is 23.5. The number of fused-ring (bicyclic) bond motifs is 1. The van der Waals surface area contributed by atoms with Crippen molar-refractivity contribution < 1.29 is 27.5 Å². The van der Waals surface area contributed by atoms with Crippen LogP contribution in [-0.4, -0.2) is 48.7 Å². The topological polar surface area (TPSA) is 129 Å². The highest BCUT2D eigenvalue weighted by Gasteiger charge is 2.44. The number of hydrazone groups is 1. The lowest BCUT2D eigenvalue weighted by Crippen LogP contribution is -2.31. The minimum Gasteiger partial charge on any atom is -0.403 e. The second kappa shape index (κ2) is 11.9. The number of amides is 2. The average molecular weight is 613 g/mol. The molecule has 11 nitrogen and oxygen atoms in total. The molecular formula is C31H23F3N8O3. The van der Waals surface area contributed by atoms with E-state index in [2.05, 4.69) is 47.5 Å². The third-order valence-corrected chi connectivity index (χ3v) is 6.67. The number of carbonyl (C=O) groups excluding carboxylic acids is 2. The third-order valence-electron chi connectivity index (χ3n) is 6.67. The van der Waals surface area contributed by atoms with Crippen LogP contribution in [0.2, 0.25) is 0 Å². The van der Waals surface area contributed by atoms with Crippen LogP contribution in [0.15, 0.2) is 90.3 Å². The van der Waals surface area contributed by atoms with Crippen LogP contribution in [0.3, 0.4) is 0 Å². The molecule has 0 radical (unpaired) electrons. The van der Waals surface area contributed by atoms with Crippen molar-refractivity contribution in [3.05, 3.63) is 108 Å². The highest BCUT2D eigenvalue weighted by atomic mass is 19.4. The molecule has 45 heavy (non-hydrogen) atoms. The first-order valence-corrected chi connectivity index (χ1v) is 13.5. The van der Waals surface area contributed by atoms with Crippen LogP contribution in [0.5, 0.6) is 0 Å². The third kappa shape index (κ3) is 6.47. The number of aromatic nitrogens is 4. The van der Waals surface area contributed by atoms with Gasteiger partial charge in [-0.05, 0) is 48.7 Å². The Hall–Kier alpha value is -6.10. The van der Waals surface area contributed by atoms with Crippen LogP contribution < -0.4 is 10.6 Å². The largest absolute Gasteiger partial charge is 0.491 e. The summed E-state index contributed by atoms with van der Waals surface area (Å²) in [7, 11) is 0. The lowest BCUT2D eigenvalue weighted by Gasteiger charge is -2.22. The Kier molecular flexibility index (Phi) is 7.66. The number of rotatable bonds is 4. The molecule has 1 aliphatic rings. The molecule has 0 spiro atoms.